The maximum absolute atomic E-state index is 5.78. The van der Waals surface area contributed by atoms with Gasteiger partial charge in [-0.05, 0) is 30.5 Å². The van der Waals surface area contributed by atoms with Gasteiger partial charge in [0.15, 0.2) is 0 Å². The average molecular weight is 245 g/mol. The number of benzene rings is 1. The summed E-state index contributed by atoms with van der Waals surface area (Å²) in [6, 6.07) is 6.20. The predicted octanol–water partition coefficient (Wildman–Crippen LogP) is 3.10. The van der Waals surface area contributed by atoms with E-state index in [2.05, 4.69) is 36.2 Å². The topological polar surface area (TPSA) is 63.9 Å². The molecule has 1 aromatic carbocycles. The molecule has 0 amide bonds. The van der Waals surface area contributed by atoms with E-state index < -0.39 is 0 Å². The Morgan fingerprint density at radius 3 is 2.56 bits per heavy atom. The predicted molar refractivity (Wildman–Crippen MR) is 73.8 cm³/mol. The van der Waals surface area contributed by atoms with Crippen molar-refractivity contribution in [2.75, 3.05) is 12.8 Å². The highest BCUT2D eigenvalue weighted by atomic mass is 16.5. The van der Waals surface area contributed by atoms with Crippen LogP contribution in [0.2, 0.25) is 0 Å². The van der Waals surface area contributed by atoms with Crippen LogP contribution in [0.5, 0.6) is 5.75 Å². The lowest BCUT2D eigenvalue weighted by Crippen LogP contribution is -1.94. The zero-order valence-corrected chi connectivity index (χ0v) is 11.2. The third kappa shape index (κ3) is 2.06. The number of hydrogen-bond acceptors (Lipinski definition) is 3. The molecular weight excluding hydrogens is 226 g/mol. The number of aromatic nitrogens is 2. The summed E-state index contributed by atoms with van der Waals surface area (Å²) in [5.74, 6) is 1.82. The molecular formula is C14H19N3O. The molecule has 18 heavy (non-hydrogen) atoms. The van der Waals surface area contributed by atoms with E-state index >= 15 is 0 Å². The van der Waals surface area contributed by atoms with Crippen molar-refractivity contribution in [3.63, 3.8) is 0 Å². The molecule has 2 rings (SSSR count). The lowest BCUT2D eigenvalue weighted by molar-refractivity contribution is 0.416. The third-order valence-electron chi connectivity index (χ3n) is 3.21. The summed E-state index contributed by atoms with van der Waals surface area (Å²) in [4.78, 5) is 0. The van der Waals surface area contributed by atoms with Crippen molar-refractivity contribution in [1.82, 2.24) is 10.2 Å². The lowest BCUT2D eigenvalue weighted by Gasteiger charge is -2.12. The van der Waals surface area contributed by atoms with Gasteiger partial charge in [-0.15, -0.1) is 0 Å². The first-order chi connectivity index (χ1) is 8.54. The summed E-state index contributed by atoms with van der Waals surface area (Å²) < 4.78 is 5.41. The minimum atomic E-state index is 0.468. The van der Waals surface area contributed by atoms with Crippen LogP contribution in [0.4, 0.5) is 5.82 Å². The summed E-state index contributed by atoms with van der Waals surface area (Å²) in [6.07, 6.45) is 0. The van der Waals surface area contributed by atoms with E-state index in [1.807, 2.05) is 13.0 Å². The Morgan fingerprint density at radius 2 is 2.06 bits per heavy atom. The number of H-pyrrole nitrogens is 1. The fourth-order valence-corrected chi connectivity index (χ4v) is 1.95. The summed E-state index contributed by atoms with van der Waals surface area (Å²) in [7, 11) is 1.67. The minimum absolute atomic E-state index is 0.468. The van der Waals surface area contributed by atoms with E-state index in [1.54, 1.807) is 7.11 Å². The van der Waals surface area contributed by atoms with Crippen molar-refractivity contribution < 1.29 is 4.74 Å². The van der Waals surface area contributed by atoms with E-state index in [9.17, 15) is 0 Å². The molecule has 0 fully saturated rings. The number of anilines is 1. The molecule has 0 unspecified atom stereocenters. The molecule has 1 heterocycles. The van der Waals surface area contributed by atoms with Crippen LogP contribution in [0.1, 0.15) is 30.9 Å². The van der Waals surface area contributed by atoms with E-state index in [4.69, 9.17) is 10.5 Å². The fourth-order valence-electron chi connectivity index (χ4n) is 1.95. The lowest BCUT2D eigenvalue weighted by atomic mass is 9.98. The van der Waals surface area contributed by atoms with Gasteiger partial charge in [0, 0.05) is 11.1 Å². The van der Waals surface area contributed by atoms with E-state index in [0.29, 0.717) is 11.7 Å². The Kier molecular flexibility index (Phi) is 3.28. The molecule has 0 bridgehead atoms. The number of methoxy groups -OCH3 is 1. The number of rotatable bonds is 3. The molecule has 1 aromatic heterocycles. The van der Waals surface area contributed by atoms with Crippen LogP contribution in [-0.2, 0) is 0 Å². The molecule has 0 spiro atoms. The first-order valence-electron chi connectivity index (χ1n) is 6.03. The van der Waals surface area contributed by atoms with Crippen molar-refractivity contribution in [3.8, 4) is 17.0 Å². The van der Waals surface area contributed by atoms with Crippen LogP contribution in [-0.4, -0.2) is 17.3 Å². The Balaban J connectivity index is 2.60. The molecule has 0 aliphatic carbocycles. The third-order valence-corrected chi connectivity index (χ3v) is 3.21. The number of ether oxygens (including phenoxy) is 1. The first kappa shape index (κ1) is 12.5. The van der Waals surface area contributed by atoms with Gasteiger partial charge in [0.2, 0.25) is 0 Å². The molecule has 4 heteroatoms. The number of nitrogens with two attached hydrogens (primary N) is 1. The van der Waals surface area contributed by atoms with Crippen LogP contribution in [0, 0.1) is 6.92 Å². The monoisotopic (exact) mass is 245 g/mol. The molecule has 0 aliphatic heterocycles. The van der Waals surface area contributed by atoms with Crippen LogP contribution >= 0.6 is 0 Å². The SMILES string of the molecule is COc1ccc(C(C)C)cc1-c1[nH]nc(N)c1C. The largest absolute Gasteiger partial charge is 0.496 e. The maximum Gasteiger partial charge on any atom is 0.148 e. The molecule has 0 saturated heterocycles. The van der Waals surface area contributed by atoms with Gasteiger partial charge in [-0.1, -0.05) is 19.9 Å². The summed E-state index contributed by atoms with van der Waals surface area (Å²) >= 11 is 0. The van der Waals surface area contributed by atoms with Gasteiger partial charge in [-0.3, -0.25) is 5.10 Å². The Morgan fingerprint density at radius 1 is 1.33 bits per heavy atom. The molecule has 4 nitrogen and oxygen atoms in total. The zero-order valence-electron chi connectivity index (χ0n) is 11.2. The minimum Gasteiger partial charge on any atom is -0.496 e. The maximum atomic E-state index is 5.78. The average Bonchev–Trinajstić information content (AvgIpc) is 2.69. The highest BCUT2D eigenvalue weighted by molar-refractivity contribution is 5.73. The van der Waals surface area contributed by atoms with E-state index in [0.717, 1.165) is 22.6 Å². The number of aromatic amines is 1. The van der Waals surface area contributed by atoms with Crippen molar-refractivity contribution in [2.24, 2.45) is 0 Å². The first-order valence-corrected chi connectivity index (χ1v) is 6.03. The second kappa shape index (κ2) is 4.72. The Bertz CT molecular complexity index is 558. The number of nitrogen functional groups attached to an aromatic ring is 1. The summed E-state index contributed by atoms with van der Waals surface area (Å²) in [5.41, 5.74) is 9.93. The van der Waals surface area contributed by atoms with Crippen LogP contribution in [0.25, 0.3) is 11.3 Å². The zero-order chi connectivity index (χ0) is 13.3. The number of nitrogens with zero attached hydrogens (tertiary/aromatic N) is 1. The molecule has 3 N–H and O–H groups in total. The summed E-state index contributed by atoms with van der Waals surface area (Å²) in [5, 5.41) is 7.02. The normalized spacial score (nSPS) is 10.9. The molecule has 2 aromatic rings. The number of hydrogen-bond donors (Lipinski definition) is 2. The summed E-state index contributed by atoms with van der Waals surface area (Å²) in [6.45, 7) is 6.29. The van der Waals surface area contributed by atoms with Gasteiger partial charge >= 0.3 is 0 Å². The second-order valence-corrected chi connectivity index (χ2v) is 4.72. The van der Waals surface area contributed by atoms with Crippen molar-refractivity contribution in [2.45, 2.75) is 26.7 Å². The van der Waals surface area contributed by atoms with Gasteiger partial charge in [0.25, 0.3) is 0 Å². The molecule has 96 valence electrons. The highest BCUT2D eigenvalue weighted by Gasteiger charge is 2.14. The second-order valence-electron chi connectivity index (χ2n) is 4.72. The molecule has 0 atom stereocenters. The number of nitrogens with one attached hydrogen (secondary N) is 1. The van der Waals surface area contributed by atoms with Crippen molar-refractivity contribution in [1.29, 1.82) is 0 Å². The molecule has 0 saturated carbocycles. The van der Waals surface area contributed by atoms with Gasteiger partial charge in [0.1, 0.15) is 11.6 Å². The Hall–Kier alpha value is -1.97. The standard InChI is InChI=1S/C14H19N3O/c1-8(2)10-5-6-12(18-4)11(7-10)13-9(3)14(15)17-16-13/h5-8H,1-4H3,(H3,15,16,17). The van der Waals surface area contributed by atoms with Gasteiger partial charge in [0.05, 0.1) is 12.8 Å². The quantitative estimate of drug-likeness (QED) is 0.873. The van der Waals surface area contributed by atoms with E-state index in [1.165, 1.54) is 5.56 Å². The van der Waals surface area contributed by atoms with Crippen LogP contribution in [0.3, 0.4) is 0 Å². The highest BCUT2D eigenvalue weighted by Crippen LogP contribution is 2.34. The van der Waals surface area contributed by atoms with E-state index in [-0.39, 0.29) is 0 Å². The van der Waals surface area contributed by atoms with Gasteiger partial charge < -0.3 is 10.5 Å². The smallest absolute Gasteiger partial charge is 0.148 e. The van der Waals surface area contributed by atoms with Gasteiger partial charge in [-0.2, -0.15) is 5.10 Å². The van der Waals surface area contributed by atoms with Crippen LogP contribution < -0.4 is 10.5 Å². The Labute approximate surface area is 107 Å². The van der Waals surface area contributed by atoms with Crippen molar-refractivity contribution >= 4 is 5.82 Å². The van der Waals surface area contributed by atoms with Crippen molar-refractivity contribution in [3.05, 3.63) is 29.3 Å². The fraction of sp³-hybridized carbons (Fsp3) is 0.357. The molecule has 0 radical (unpaired) electrons. The van der Waals surface area contributed by atoms with Gasteiger partial charge in [-0.25, -0.2) is 0 Å². The molecule has 0 aliphatic rings. The van der Waals surface area contributed by atoms with Crippen LogP contribution in [0.15, 0.2) is 18.2 Å².